The molecule has 2 aliphatic heterocycles. The van der Waals surface area contributed by atoms with Crippen LogP contribution >= 0.6 is 0 Å². The van der Waals surface area contributed by atoms with Crippen LogP contribution in [0.1, 0.15) is 37.7 Å². The highest BCUT2D eigenvalue weighted by atomic mass is 16.5. The highest BCUT2D eigenvalue weighted by Crippen LogP contribution is 2.41. The molecule has 150 valence electrons. The molecule has 3 fully saturated rings. The minimum Gasteiger partial charge on any atom is -0.497 e. The van der Waals surface area contributed by atoms with E-state index in [1.165, 1.54) is 76.0 Å². The molecule has 3 heterocycles. The first-order chi connectivity index (χ1) is 13.7. The van der Waals surface area contributed by atoms with E-state index >= 15 is 0 Å². The van der Waals surface area contributed by atoms with E-state index in [4.69, 9.17) is 4.74 Å². The number of hydrogen-bond acceptors (Lipinski definition) is 4. The van der Waals surface area contributed by atoms with Crippen molar-refractivity contribution >= 4 is 0 Å². The molecule has 1 spiro atoms. The van der Waals surface area contributed by atoms with E-state index in [0.717, 1.165) is 23.9 Å². The van der Waals surface area contributed by atoms with Crippen LogP contribution in [0.25, 0.3) is 11.3 Å². The Morgan fingerprint density at radius 3 is 2.71 bits per heavy atom. The van der Waals surface area contributed by atoms with Crippen molar-refractivity contribution in [3.05, 3.63) is 36.0 Å². The number of nitrogens with one attached hydrogen (secondary N) is 1. The molecular formula is C23H32N4O. The number of rotatable bonds is 6. The van der Waals surface area contributed by atoms with Crippen molar-refractivity contribution in [3.8, 4) is 17.0 Å². The van der Waals surface area contributed by atoms with Gasteiger partial charge in [-0.15, -0.1) is 0 Å². The maximum atomic E-state index is 5.29. The van der Waals surface area contributed by atoms with Crippen molar-refractivity contribution in [1.82, 2.24) is 20.0 Å². The second kappa shape index (κ2) is 7.53. The Morgan fingerprint density at radius 2 is 1.93 bits per heavy atom. The zero-order chi connectivity index (χ0) is 19.0. The minimum absolute atomic E-state index is 0.525. The number of piperidine rings is 1. The number of hydrogen-bond donors (Lipinski definition) is 1. The standard InChI is InChI=1S/C23H32N4O/c1-28-21-7-5-19(6-8-21)22-20(13-24-25-22)15-27-12-10-23(17-27)9-2-11-26(16-23)14-18-3-4-18/h5-8,13,18H,2-4,9-12,14-17H2,1H3,(H,24,25)/t23-/m0/s1. The molecule has 2 saturated heterocycles. The molecule has 5 nitrogen and oxygen atoms in total. The van der Waals surface area contributed by atoms with Gasteiger partial charge in [-0.05, 0) is 80.8 Å². The molecule has 1 atom stereocenters. The molecule has 1 saturated carbocycles. The zero-order valence-electron chi connectivity index (χ0n) is 17.0. The SMILES string of the molecule is COc1ccc(-c2[nH]ncc2CN2CC[C@]3(CCCN(CC4CC4)C3)C2)cc1. The zero-order valence-corrected chi connectivity index (χ0v) is 17.0. The molecule has 1 aromatic carbocycles. The first-order valence-electron chi connectivity index (χ1n) is 10.8. The summed E-state index contributed by atoms with van der Waals surface area (Å²) in [5, 5.41) is 7.56. The molecular weight excluding hydrogens is 348 g/mol. The number of aromatic nitrogens is 2. The number of methoxy groups -OCH3 is 1. The maximum absolute atomic E-state index is 5.29. The second-order valence-electron chi connectivity index (χ2n) is 9.24. The van der Waals surface area contributed by atoms with Gasteiger partial charge in [0.2, 0.25) is 0 Å². The van der Waals surface area contributed by atoms with Crippen molar-refractivity contribution < 1.29 is 4.74 Å². The molecule has 1 aliphatic carbocycles. The van der Waals surface area contributed by atoms with Crippen LogP contribution < -0.4 is 4.74 Å². The summed E-state index contributed by atoms with van der Waals surface area (Å²) in [6.45, 7) is 7.43. The van der Waals surface area contributed by atoms with Crippen molar-refractivity contribution in [1.29, 1.82) is 0 Å². The van der Waals surface area contributed by atoms with E-state index in [1.807, 2.05) is 18.3 Å². The summed E-state index contributed by atoms with van der Waals surface area (Å²) < 4.78 is 5.29. The third kappa shape index (κ3) is 3.83. The van der Waals surface area contributed by atoms with E-state index in [-0.39, 0.29) is 0 Å². The average molecular weight is 381 g/mol. The van der Waals surface area contributed by atoms with Gasteiger partial charge in [0.15, 0.2) is 0 Å². The Kier molecular flexibility index (Phi) is 4.89. The van der Waals surface area contributed by atoms with Gasteiger partial charge in [-0.3, -0.25) is 10.00 Å². The Balaban J connectivity index is 1.24. The van der Waals surface area contributed by atoms with Gasteiger partial charge in [0, 0.05) is 37.3 Å². The summed E-state index contributed by atoms with van der Waals surface area (Å²) in [4.78, 5) is 5.42. The fourth-order valence-corrected chi connectivity index (χ4v) is 5.31. The van der Waals surface area contributed by atoms with Gasteiger partial charge in [0.1, 0.15) is 5.75 Å². The Labute approximate surface area is 168 Å². The lowest BCUT2D eigenvalue weighted by Crippen LogP contribution is -2.45. The van der Waals surface area contributed by atoms with Crippen molar-refractivity contribution in [3.63, 3.8) is 0 Å². The largest absolute Gasteiger partial charge is 0.497 e. The van der Waals surface area contributed by atoms with E-state index in [2.05, 4.69) is 32.1 Å². The number of nitrogens with zero attached hydrogens (tertiary/aromatic N) is 3. The molecule has 0 bridgehead atoms. The van der Waals surface area contributed by atoms with Crippen molar-refractivity contribution in [2.75, 3.05) is 39.8 Å². The average Bonchev–Trinajstić information content (AvgIpc) is 3.27. The highest BCUT2D eigenvalue weighted by molar-refractivity contribution is 5.63. The summed E-state index contributed by atoms with van der Waals surface area (Å²) in [6, 6.07) is 8.25. The normalized spacial score (nSPS) is 26.2. The fraction of sp³-hybridized carbons (Fsp3) is 0.609. The lowest BCUT2D eigenvalue weighted by Gasteiger charge is -2.40. The topological polar surface area (TPSA) is 44.4 Å². The van der Waals surface area contributed by atoms with Crippen LogP contribution in [-0.4, -0.2) is 59.8 Å². The van der Waals surface area contributed by atoms with Gasteiger partial charge in [0.05, 0.1) is 19.0 Å². The molecule has 5 heteroatoms. The van der Waals surface area contributed by atoms with Crippen LogP contribution in [0.4, 0.5) is 0 Å². The lowest BCUT2D eigenvalue weighted by atomic mass is 9.79. The Morgan fingerprint density at radius 1 is 1.11 bits per heavy atom. The molecule has 0 radical (unpaired) electrons. The molecule has 1 aromatic heterocycles. The molecule has 0 unspecified atom stereocenters. The summed E-state index contributed by atoms with van der Waals surface area (Å²) in [7, 11) is 1.71. The summed E-state index contributed by atoms with van der Waals surface area (Å²) in [6.07, 6.45) is 9.06. The molecule has 28 heavy (non-hydrogen) atoms. The van der Waals surface area contributed by atoms with Crippen LogP contribution in [-0.2, 0) is 6.54 Å². The van der Waals surface area contributed by atoms with E-state index < -0.39 is 0 Å². The maximum Gasteiger partial charge on any atom is 0.118 e. The number of benzene rings is 1. The quantitative estimate of drug-likeness (QED) is 0.828. The summed E-state index contributed by atoms with van der Waals surface area (Å²) in [5.74, 6) is 1.89. The van der Waals surface area contributed by atoms with E-state index in [1.54, 1.807) is 7.11 Å². The van der Waals surface area contributed by atoms with E-state index in [9.17, 15) is 0 Å². The van der Waals surface area contributed by atoms with Crippen LogP contribution in [0.3, 0.4) is 0 Å². The van der Waals surface area contributed by atoms with Crippen molar-refractivity contribution in [2.24, 2.45) is 11.3 Å². The van der Waals surface area contributed by atoms with Gasteiger partial charge < -0.3 is 9.64 Å². The van der Waals surface area contributed by atoms with Gasteiger partial charge >= 0.3 is 0 Å². The van der Waals surface area contributed by atoms with Crippen LogP contribution in [0.2, 0.25) is 0 Å². The number of aromatic amines is 1. The van der Waals surface area contributed by atoms with Crippen LogP contribution in [0.5, 0.6) is 5.75 Å². The summed E-state index contributed by atoms with van der Waals surface area (Å²) >= 11 is 0. The smallest absolute Gasteiger partial charge is 0.118 e. The highest BCUT2D eigenvalue weighted by Gasteiger charge is 2.42. The van der Waals surface area contributed by atoms with E-state index in [0.29, 0.717) is 5.41 Å². The van der Waals surface area contributed by atoms with Gasteiger partial charge in [0.25, 0.3) is 0 Å². The Hall–Kier alpha value is -1.85. The third-order valence-corrected chi connectivity index (χ3v) is 6.96. The molecule has 0 amide bonds. The first kappa shape index (κ1) is 18.2. The van der Waals surface area contributed by atoms with Crippen LogP contribution in [0.15, 0.2) is 30.5 Å². The minimum atomic E-state index is 0.525. The number of H-pyrrole nitrogens is 1. The first-order valence-corrected chi connectivity index (χ1v) is 10.8. The molecule has 2 aromatic rings. The number of likely N-dealkylation sites (tertiary alicyclic amines) is 2. The molecule has 5 rings (SSSR count). The van der Waals surface area contributed by atoms with Gasteiger partial charge in [-0.2, -0.15) is 5.10 Å². The summed E-state index contributed by atoms with van der Waals surface area (Å²) in [5.41, 5.74) is 4.14. The predicted molar refractivity (Wildman–Crippen MR) is 111 cm³/mol. The third-order valence-electron chi connectivity index (χ3n) is 6.96. The molecule has 1 N–H and O–H groups in total. The number of ether oxygens (including phenoxy) is 1. The fourth-order valence-electron chi connectivity index (χ4n) is 5.31. The Bertz CT molecular complexity index is 797. The van der Waals surface area contributed by atoms with Crippen LogP contribution in [0, 0.1) is 11.3 Å². The lowest BCUT2D eigenvalue weighted by molar-refractivity contribution is 0.0885. The second-order valence-corrected chi connectivity index (χ2v) is 9.24. The monoisotopic (exact) mass is 380 g/mol. The predicted octanol–water partition coefficient (Wildman–Crippen LogP) is 3.78. The van der Waals surface area contributed by atoms with Crippen molar-refractivity contribution in [2.45, 2.75) is 38.6 Å². The van der Waals surface area contributed by atoms with Gasteiger partial charge in [-0.25, -0.2) is 0 Å². The van der Waals surface area contributed by atoms with Gasteiger partial charge in [-0.1, -0.05) is 0 Å². The molecule has 3 aliphatic rings.